The first kappa shape index (κ1) is 9.78. The Hall–Kier alpha value is -1.31. The highest BCUT2D eigenvalue weighted by molar-refractivity contribution is 7.80. The SMILES string of the molecule is C#CCc1ccccc1NS(=O)O. The molecule has 0 aromatic heterocycles. The van der Waals surface area contributed by atoms with Crippen LogP contribution in [0.4, 0.5) is 5.69 Å². The van der Waals surface area contributed by atoms with Gasteiger partial charge in [-0.25, -0.2) is 4.21 Å². The van der Waals surface area contributed by atoms with E-state index in [1.807, 2.05) is 12.1 Å². The minimum Gasteiger partial charge on any atom is -0.289 e. The maximum absolute atomic E-state index is 10.5. The Morgan fingerprint density at radius 3 is 2.85 bits per heavy atom. The largest absolute Gasteiger partial charge is 0.289 e. The van der Waals surface area contributed by atoms with E-state index in [0.717, 1.165) is 5.56 Å². The third kappa shape index (κ3) is 2.90. The van der Waals surface area contributed by atoms with Gasteiger partial charge in [0.25, 0.3) is 11.3 Å². The van der Waals surface area contributed by atoms with Crippen LogP contribution in [-0.4, -0.2) is 8.76 Å². The van der Waals surface area contributed by atoms with Crippen LogP contribution in [0.25, 0.3) is 0 Å². The van der Waals surface area contributed by atoms with Crippen LogP contribution < -0.4 is 4.72 Å². The van der Waals surface area contributed by atoms with Crippen molar-refractivity contribution in [3.8, 4) is 12.3 Å². The molecular formula is C9H9NO2S. The average molecular weight is 195 g/mol. The lowest BCUT2D eigenvalue weighted by molar-refractivity contribution is 0.570. The number of terminal acetylenes is 1. The summed E-state index contributed by atoms with van der Waals surface area (Å²) in [6.07, 6.45) is 5.59. The third-order valence-electron chi connectivity index (χ3n) is 1.51. The van der Waals surface area contributed by atoms with Gasteiger partial charge in [0.2, 0.25) is 0 Å². The molecule has 0 fully saturated rings. The van der Waals surface area contributed by atoms with Crippen molar-refractivity contribution in [2.24, 2.45) is 0 Å². The zero-order chi connectivity index (χ0) is 9.68. The molecule has 0 aliphatic carbocycles. The van der Waals surface area contributed by atoms with Crippen molar-refractivity contribution in [3.05, 3.63) is 29.8 Å². The van der Waals surface area contributed by atoms with Gasteiger partial charge < -0.3 is 0 Å². The van der Waals surface area contributed by atoms with Gasteiger partial charge in [0.05, 0.1) is 5.69 Å². The van der Waals surface area contributed by atoms with Crippen molar-refractivity contribution in [2.45, 2.75) is 6.42 Å². The molecule has 0 saturated carbocycles. The molecule has 0 bridgehead atoms. The number of para-hydroxylation sites is 1. The maximum Gasteiger partial charge on any atom is 0.259 e. The zero-order valence-corrected chi connectivity index (χ0v) is 7.67. The highest BCUT2D eigenvalue weighted by atomic mass is 32.2. The Morgan fingerprint density at radius 1 is 1.54 bits per heavy atom. The van der Waals surface area contributed by atoms with Crippen molar-refractivity contribution < 1.29 is 8.76 Å². The molecule has 1 aromatic carbocycles. The van der Waals surface area contributed by atoms with Gasteiger partial charge >= 0.3 is 0 Å². The number of hydrogen-bond acceptors (Lipinski definition) is 1. The number of benzene rings is 1. The summed E-state index contributed by atoms with van der Waals surface area (Å²) >= 11 is -2.05. The molecular weight excluding hydrogens is 186 g/mol. The highest BCUT2D eigenvalue weighted by Crippen LogP contribution is 2.15. The van der Waals surface area contributed by atoms with Crippen LogP contribution in [0.15, 0.2) is 24.3 Å². The Kier molecular flexibility index (Phi) is 3.50. The summed E-state index contributed by atoms with van der Waals surface area (Å²) in [7, 11) is 0. The lowest BCUT2D eigenvalue weighted by atomic mass is 10.1. The van der Waals surface area contributed by atoms with Gasteiger partial charge in [0, 0.05) is 6.42 Å². The fraction of sp³-hybridized carbons (Fsp3) is 0.111. The first-order chi connectivity index (χ1) is 6.24. The lowest BCUT2D eigenvalue weighted by Crippen LogP contribution is -2.04. The quantitative estimate of drug-likeness (QED) is 0.566. The van der Waals surface area contributed by atoms with Crippen LogP contribution in [0.3, 0.4) is 0 Å². The maximum atomic E-state index is 10.5. The lowest BCUT2D eigenvalue weighted by Gasteiger charge is -2.05. The van der Waals surface area contributed by atoms with E-state index in [9.17, 15) is 4.21 Å². The number of anilines is 1. The predicted octanol–water partition coefficient (Wildman–Crippen LogP) is 1.41. The standard InChI is InChI=1S/C9H9NO2S/c1-2-5-8-6-3-4-7-9(8)10-13(11)12/h1,3-4,6-7,10H,5H2,(H,11,12). The van der Waals surface area contributed by atoms with Crippen LogP contribution in [0, 0.1) is 12.3 Å². The Morgan fingerprint density at radius 2 is 2.23 bits per heavy atom. The number of hydrogen-bond donors (Lipinski definition) is 2. The number of nitrogens with one attached hydrogen (secondary N) is 1. The van der Waals surface area contributed by atoms with Crippen molar-refractivity contribution >= 4 is 17.0 Å². The van der Waals surface area contributed by atoms with Crippen molar-refractivity contribution in [1.82, 2.24) is 0 Å². The van der Waals surface area contributed by atoms with Gasteiger partial charge in [-0.05, 0) is 11.6 Å². The first-order valence-corrected chi connectivity index (χ1v) is 4.73. The summed E-state index contributed by atoms with van der Waals surface area (Å²) in [6.45, 7) is 0. The molecule has 1 aromatic rings. The monoisotopic (exact) mass is 195 g/mol. The van der Waals surface area contributed by atoms with Crippen LogP contribution in [0.2, 0.25) is 0 Å². The van der Waals surface area contributed by atoms with Crippen molar-refractivity contribution in [1.29, 1.82) is 0 Å². The van der Waals surface area contributed by atoms with Crippen LogP contribution in [0.5, 0.6) is 0 Å². The smallest absolute Gasteiger partial charge is 0.259 e. The topological polar surface area (TPSA) is 49.3 Å². The van der Waals surface area contributed by atoms with E-state index < -0.39 is 11.3 Å². The molecule has 68 valence electrons. The van der Waals surface area contributed by atoms with Gasteiger partial charge in [-0.15, -0.1) is 12.3 Å². The Labute approximate surface area is 79.6 Å². The molecule has 13 heavy (non-hydrogen) atoms. The van der Waals surface area contributed by atoms with Gasteiger partial charge in [-0.1, -0.05) is 18.2 Å². The first-order valence-electron chi connectivity index (χ1n) is 3.63. The third-order valence-corrected chi connectivity index (χ3v) is 1.90. The van der Waals surface area contributed by atoms with E-state index in [1.165, 1.54) is 0 Å². The fourth-order valence-corrected chi connectivity index (χ4v) is 1.37. The van der Waals surface area contributed by atoms with E-state index in [4.69, 9.17) is 11.0 Å². The van der Waals surface area contributed by atoms with Gasteiger partial charge in [-0.2, -0.15) is 0 Å². The van der Waals surface area contributed by atoms with Crippen LogP contribution in [-0.2, 0) is 17.7 Å². The second-order valence-corrected chi connectivity index (χ2v) is 3.09. The second kappa shape index (κ2) is 4.65. The van der Waals surface area contributed by atoms with E-state index in [-0.39, 0.29) is 0 Å². The molecule has 0 aliphatic rings. The van der Waals surface area contributed by atoms with E-state index in [0.29, 0.717) is 12.1 Å². The molecule has 3 nitrogen and oxygen atoms in total. The minimum atomic E-state index is -2.05. The molecule has 2 N–H and O–H groups in total. The summed E-state index contributed by atoms with van der Waals surface area (Å²) in [5.74, 6) is 2.48. The molecule has 0 saturated heterocycles. The van der Waals surface area contributed by atoms with E-state index in [2.05, 4.69) is 10.6 Å². The Bertz CT molecular complexity index is 357. The summed E-state index contributed by atoms with van der Waals surface area (Å²) in [4.78, 5) is 0. The zero-order valence-electron chi connectivity index (χ0n) is 6.86. The molecule has 0 spiro atoms. The normalized spacial score (nSPS) is 11.7. The summed E-state index contributed by atoms with van der Waals surface area (Å²) in [5, 5.41) is 0. The molecule has 4 heteroatoms. The second-order valence-electron chi connectivity index (χ2n) is 2.39. The van der Waals surface area contributed by atoms with E-state index >= 15 is 0 Å². The average Bonchev–Trinajstić information content (AvgIpc) is 2.08. The van der Waals surface area contributed by atoms with Gasteiger partial charge in [0.15, 0.2) is 0 Å². The predicted molar refractivity (Wildman–Crippen MR) is 53.4 cm³/mol. The Balaban J connectivity index is 2.92. The van der Waals surface area contributed by atoms with Gasteiger partial charge in [-0.3, -0.25) is 9.27 Å². The van der Waals surface area contributed by atoms with Crippen LogP contribution in [0.1, 0.15) is 5.56 Å². The summed E-state index contributed by atoms with van der Waals surface area (Å²) in [6, 6.07) is 7.13. The summed E-state index contributed by atoms with van der Waals surface area (Å²) < 4.78 is 21.5. The molecule has 0 heterocycles. The summed E-state index contributed by atoms with van der Waals surface area (Å²) in [5.41, 5.74) is 1.44. The van der Waals surface area contributed by atoms with Gasteiger partial charge in [0.1, 0.15) is 0 Å². The molecule has 0 radical (unpaired) electrons. The highest BCUT2D eigenvalue weighted by Gasteiger charge is 2.00. The van der Waals surface area contributed by atoms with Crippen molar-refractivity contribution in [3.63, 3.8) is 0 Å². The van der Waals surface area contributed by atoms with Crippen molar-refractivity contribution in [2.75, 3.05) is 4.72 Å². The molecule has 0 amide bonds. The molecule has 0 aliphatic heterocycles. The van der Waals surface area contributed by atoms with E-state index in [1.54, 1.807) is 12.1 Å². The number of rotatable bonds is 3. The molecule has 1 unspecified atom stereocenters. The van der Waals surface area contributed by atoms with Crippen LogP contribution >= 0.6 is 0 Å². The fourth-order valence-electron chi connectivity index (χ4n) is 0.978. The minimum absolute atomic E-state index is 0.445. The molecule has 1 atom stereocenters. The molecule has 1 rings (SSSR count).